The molecule has 0 fully saturated rings. The van der Waals surface area contributed by atoms with Crippen molar-refractivity contribution in [1.82, 2.24) is 14.8 Å². The third-order valence-corrected chi connectivity index (χ3v) is 5.91. The van der Waals surface area contributed by atoms with Crippen LogP contribution in [0.1, 0.15) is 5.56 Å². The molecule has 0 aliphatic carbocycles. The molecule has 1 aromatic heterocycles. The number of hydrogen-bond acceptors (Lipinski definition) is 6. The summed E-state index contributed by atoms with van der Waals surface area (Å²) in [6.45, 7) is 0. The van der Waals surface area contributed by atoms with Crippen LogP contribution in [0.3, 0.4) is 0 Å². The van der Waals surface area contributed by atoms with Crippen molar-refractivity contribution in [3.8, 4) is 34.3 Å². The van der Waals surface area contributed by atoms with E-state index < -0.39 is 5.82 Å². The van der Waals surface area contributed by atoms with Crippen molar-refractivity contribution < 1.29 is 23.0 Å². The first-order chi connectivity index (χ1) is 16.0. The van der Waals surface area contributed by atoms with Crippen molar-refractivity contribution in [2.75, 3.05) is 21.3 Å². The Hall–Kier alpha value is -3.59. The van der Waals surface area contributed by atoms with Crippen LogP contribution in [0.25, 0.3) is 17.1 Å². The molecule has 0 bridgehead atoms. The molecule has 4 rings (SSSR count). The van der Waals surface area contributed by atoms with Gasteiger partial charge in [-0.2, -0.15) is 0 Å². The van der Waals surface area contributed by atoms with Crippen LogP contribution in [0.5, 0.6) is 17.2 Å². The molecule has 9 heteroatoms. The van der Waals surface area contributed by atoms with Crippen LogP contribution in [0.15, 0.2) is 65.8 Å². The van der Waals surface area contributed by atoms with Crippen molar-refractivity contribution in [2.24, 2.45) is 0 Å². The first-order valence-corrected chi connectivity index (χ1v) is 10.9. The van der Waals surface area contributed by atoms with E-state index in [-0.39, 0.29) is 11.5 Å². The Labute approximate surface area is 194 Å². The Kier molecular flexibility index (Phi) is 6.79. The molecule has 4 aromatic rings. The monoisotopic (exact) mass is 469 g/mol. The van der Waals surface area contributed by atoms with Gasteiger partial charge >= 0.3 is 0 Å². The van der Waals surface area contributed by atoms with Gasteiger partial charge in [-0.3, -0.25) is 4.57 Å². The van der Waals surface area contributed by atoms with E-state index in [2.05, 4.69) is 10.2 Å². The maximum atomic E-state index is 14.8. The number of methoxy groups -OCH3 is 3. The molecule has 0 amide bonds. The Morgan fingerprint density at radius 2 is 1.58 bits per heavy atom. The molecular weight excluding hydrogens is 448 g/mol. The number of para-hydroxylation sites is 1. The van der Waals surface area contributed by atoms with E-state index in [0.29, 0.717) is 39.5 Å². The molecule has 170 valence electrons. The minimum Gasteiger partial charge on any atom is -0.493 e. The van der Waals surface area contributed by atoms with Crippen molar-refractivity contribution in [2.45, 2.75) is 10.9 Å². The highest BCUT2D eigenvalue weighted by Crippen LogP contribution is 2.42. The van der Waals surface area contributed by atoms with Gasteiger partial charge in [0.15, 0.2) is 22.5 Å². The zero-order valence-corrected chi connectivity index (χ0v) is 19.0. The van der Waals surface area contributed by atoms with Crippen molar-refractivity contribution in [3.63, 3.8) is 0 Å². The number of halogens is 2. The van der Waals surface area contributed by atoms with Gasteiger partial charge in [0.05, 0.1) is 27.0 Å². The predicted molar refractivity (Wildman–Crippen MR) is 122 cm³/mol. The van der Waals surface area contributed by atoms with E-state index in [1.807, 2.05) is 6.07 Å². The lowest BCUT2D eigenvalue weighted by molar-refractivity contribution is 0.324. The number of hydrogen-bond donors (Lipinski definition) is 0. The highest BCUT2D eigenvalue weighted by molar-refractivity contribution is 7.98. The molecule has 0 aliphatic rings. The van der Waals surface area contributed by atoms with Gasteiger partial charge in [0, 0.05) is 11.3 Å². The number of ether oxygens (including phenoxy) is 3. The van der Waals surface area contributed by atoms with Crippen LogP contribution in [0, 0.1) is 11.6 Å². The van der Waals surface area contributed by atoms with Gasteiger partial charge in [0.1, 0.15) is 11.6 Å². The average molecular weight is 470 g/mol. The molecule has 3 aromatic carbocycles. The summed E-state index contributed by atoms with van der Waals surface area (Å²) in [6, 6.07) is 16.1. The standard InChI is InChI=1S/C24H21F2N3O3S/c1-30-20-12-16(13-21(31-2)22(20)32-3)23-27-28-24(29(23)19-10-5-4-9-18(19)26)33-14-15-7-6-8-17(25)11-15/h4-13H,14H2,1-3H3. The van der Waals surface area contributed by atoms with Gasteiger partial charge in [0.25, 0.3) is 0 Å². The van der Waals surface area contributed by atoms with Crippen molar-refractivity contribution >= 4 is 11.8 Å². The minimum atomic E-state index is -0.432. The van der Waals surface area contributed by atoms with Gasteiger partial charge in [0.2, 0.25) is 5.75 Å². The summed E-state index contributed by atoms with van der Waals surface area (Å²) in [6.07, 6.45) is 0. The lowest BCUT2D eigenvalue weighted by atomic mass is 10.1. The van der Waals surface area contributed by atoms with Crippen LogP contribution in [-0.4, -0.2) is 36.1 Å². The van der Waals surface area contributed by atoms with Crippen molar-refractivity contribution in [3.05, 3.63) is 77.9 Å². The third-order valence-electron chi connectivity index (χ3n) is 4.91. The summed E-state index contributed by atoms with van der Waals surface area (Å²) in [5, 5.41) is 9.10. The molecule has 0 N–H and O–H groups in total. The summed E-state index contributed by atoms with van der Waals surface area (Å²) in [7, 11) is 4.55. The Bertz CT molecular complexity index is 1250. The van der Waals surface area contributed by atoms with Gasteiger partial charge in [-0.05, 0) is 42.0 Å². The quantitative estimate of drug-likeness (QED) is 0.316. The highest BCUT2D eigenvalue weighted by Gasteiger charge is 2.22. The molecule has 0 saturated heterocycles. The number of thioether (sulfide) groups is 1. The number of aromatic nitrogens is 3. The second-order valence-corrected chi connectivity index (χ2v) is 7.87. The van der Waals surface area contributed by atoms with Crippen LogP contribution in [0.2, 0.25) is 0 Å². The highest BCUT2D eigenvalue weighted by atomic mass is 32.2. The zero-order valence-electron chi connectivity index (χ0n) is 18.2. The minimum absolute atomic E-state index is 0.285. The number of nitrogens with zero attached hydrogens (tertiary/aromatic N) is 3. The van der Waals surface area contributed by atoms with Gasteiger partial charge in [-0.1, -0.05) is 36.0 Å². The molecule has 1 heterocycles. The van der Waals surface area contributed by atoms with E-state index in [1.54, 1.807) is 41.0 Å². The molecule has 0 atom stereocenters. The summed E-state index contributed by atoms with van der Waals surface area (Å²) in [5.41, 5.74) is 1.66. The summed E-state index contributed by atoms with van der Waals surface area (Å²) in [5.74, 6) is 1.37. The molecule has 33 heavy (non-hydrogen) atoms. The molecule has 0 spiro atoms. The van der Waals surface area contributed by atoms with Gasteiger partial charge in [-0.25, -0.2) is 8.78 Å². The van der Waals surface area contributed by atoms with Crippen molar-refractivity contribution in [1.29, 1.82) is 0 Å². The van der Waals surface area contributed by atoms with E-state index in [1.165, 1.54) is 51.3 Å². The molecule has 0 aliphatic heterocycles. The first-order valence-electron chi connectivity index (χ1n) is 9.93. The van der Waals surface area contributed by atoms with E-state index in [0.717, 1.165) is 5.56 Å². The Morgan fingerprint density at radius 3 is 2.21 bits per heavy atom. The fraction of sp³-hybridized carbons (Fsp3) is 0.167. The predicted octanol–water partition coefficient (Wildman–Crippen LogP) is 5.53. The van der Waals surface area contributed by atoms with E-state index >= 15 is 0 Å². The molecule has 6 nitrogen and oxygen atoms in total. The Balaban J connectivity index is 1.83. The van der Waals surface area contributed by atoms with E-state index in [9.17, 15) is 8.78 Å². The fourth-order valence-corrected chi connectivity index (χ4v) is 4.27. The van der Waals surface area contributed by atoms with E-state index in [4.69, 9.17) is 14.2 Å². The fourth-order valence-electron chi connectivity index (χ4n) is 3.39. The van der Waals surface area contributed by atoms with Gasteiger partial charge < -0.3 is 14.2 Å². The number of rotatable bonds is 8. The normalized spacial score (nSPS) is 10.8. The second-order valence-electron chi connectivity index (χ2n) is 6.93. The average Bonchev–Trinajstić information content (AvgIpc) is 3.25. The van der Waals surface area contributed by atoms with Gasteiger partial charge in [-0.15, -0.1) is 10.2 Å². The first kappa shape index (κ1) is 22.6. The SMILES string of the molecule is COc1cc(-c2nnc(SCc3cccc(F)c3)n2-c2ccccc2F)cc(OC)c1OC. The summed E-state index contributed by atoms with van der Waals surface area (Å²) >= 11 is 1.32. The number of benzene rings is 3. The topological polar surface area (TPSA) is 58.4 Å². The van der Waals surface area contributed by atoms with Crippen LogP contribution >= 0.6 is 11.8 Å². The molecule has 0 unspecified atom stereocenters. The summed E-state index contributed by atoms with van der Waals surface area (Å²) < 4.78 is 46.4. The molecular formula is C24H21F2N3O3S. The largest absolute Gasteiger partial charge is 0.493 e. The zero-order chi connectivity index (χ0) is 23.4. The van der Waals surface area contributed by atoms with Crippen LogP contribution < -0.4 is 14.2 Å². The Morgan fingerprint density at radius 1 is 0.848 bits per heavy atom. The molecule has 0 radical (unpaired) electrons. The molecule has 0 saturated carbocycles. The summed E-state index contributed by atoms with van der Waals surface area (Å²) in [4.78, 5) is 0. The maximum absolute atomic E-state index is 14.8. The second kappa shape index (κ2) is 9.91. The lowest BCUT2D eigenvalue weighted by Gasteiger charge is -2.15. The maximum Gasteiger partial charge on any atom is 0.203 e. The smallest absolute Gasteiger partial charge is 0.203 e. The van der Waals surface area contributed by atoms with Crippen LogP contribution in [-0.2, 0) is 5.75 Å². The third kappa shape index (κ3) is 4.63. The van der Waals surface area contributed by atoms with Crippen LogP contribution in [0.4, 0.5) is 8.78 Å². The lowest BCUT2D eigenvalue weighted by Crippen LogP contribution is -2.03.